The molecule has 0 bridgehead atoms. The molecule has 2 aromatic heterocycles. The molecule has 0 saturated carbocycles. The SMILES string of the molecule is Cc1noc(CCC(=O)N2CC[C@@H](c3ncc(C(=O)Nc4ccccc4F)c(C)n3)C2)n1. The van der Waals surface area contributed by atoms with E-state index in [1.165, 1.54) is 18.3 Å². The van der Waals surface area contributed by atoms with Gasteiger partial charge >= 0.3 is 0 Å². The zero-order valence-corrected chi connectivity index (χ0v) is 17.8. The van der Waals surface area contributed by atoms with Gasteiger partial charge in [0.1, 0.15) is 11.6 Å². The first-order valence-corrected chi connectivity index (χ1v) is 10.4. The number of nitrogens with zero attached hydrogens (tertiary/aromatic N) is 5. The van der Waals surface area contributed by atoms with Crippen LogP contribution in [0.4, 0.5) is 10.1 Å². The number of rotatable bonds is 6. The number of carbonyl (C=O) groups excluding carboxylic acids is 2. The van der Waals surface area contributed by atoms with Crippen LogP contribution in [0.25, 0.3) is 0 Å². The number of halogens is 1. The maximum absolute atomic E-state index is 13.8. The fourth-order valence-corrected chi connectivity index (χ4v) is 3.67. The Bertz CT molecular complexity index is 1150. The van der Waals surface area contributed by atoms with Crippen LogP contribution in [-0.2, 0) is 11.2 Å². The van der Waals surface area contributed by atoms with Crippen LogP contribution < -0.4 is 5.32 Å². The molecule has 1 aromatic carbocycles. The Morgan fingerprint density at radius 1 is 1.25 bits per heavy atom. The summed E-state index contributed by atoms with van der Waals surface area (Å²) in [6, 6.07) is 5.96. The van der Waals surface area contributed by atoms with Crippen molar-refractivity contribution in [2.75, 3.05) is 18.4 Å². The molecule has 4 rings (SSSR count). The summed E-state index contributed by atoms with van der Waals surface area (Å²) in [5, 5.41) is 6.27. The van der Waals surface area contributed by atoms with Crippen LogP contribution in [0.2, 0.25) is 0 Å². The number of para-hydroxylation sites is 1. The number of amides is 2. The minimum Gasteiger partial charge on any atom is -0.342 e. The Morgan fingerprint density at radius 2 is 2.06 bits per heavy atom. The first-order chi connectivity index (χ1) is 15.4. The molecule has 3 aromatic rings. The van der Waals surface area contributed by atoms with Gasteiger partial charge in [-0.05, 0) is 32.4 Å². The van der Waals surface area contributed by atoms with Crippen LogP contribution in [0.15, 0.2) is 35.0 Å². The highest BCUT2D eigenvalue weighted by Gasteiger charge is 2.29. The number of benzene rings is 1. The van der Waals surface area contributed by atoms with Gasteiger partial charge in [-0.3, -0.25) is 9.59 Å². The van der Waals surface area contributed by atoms with E-state index in [-0.39, 0.29) is 23.1 Å². The molecule has 1 fully saturated rings. The second-order valence-electron chi connectivity index (χ2n) is 7.72. The van der Waals surface area contributed by atoms with E-state index in [0.717, 1.165) is 6.42 Å². The molecule has 0 radical (unpaired) electrons. The molecule has 3 heterocycles. The number of hydrogen-bond donors (Lipinski definition) is 1. The predicted molar refractivity (Wildman–Crippen MR) is 112 cm³/mol. The van der Waals surface area contributed by atoms with Crippen molar-refractivity contribution in [2.24, 2.45) is 0 Å². The summed E-state index contributed by atoms with van der Waals surface area (Å²) in [5.74, 6) is 0.613. The molecule has 0 spiro atoms. The lowest BCUT2D eigenvalue weighted by Crippen LogP contribution is -2.29. The maximum Gasteiger partial charge on any atom is 0.259 e. The van der Waals surface area contributed by atoms with Gasteiger partial charge in [0, 0.05) is 38.0 Å². The van der Waals surface area contributed by atoms with Crippen molar-refractivity contribution in [3.63, 3.8) is 0 Å². The Morgan fingerprint density at radius 3 is 2.78 bits per heavy atom. The molecule has 0 aliphatic carbocycles. The van der Waals surface area contributed by atoms with E-state index < -0.39 is 11.7 Å². The number of aromatic nitrogens is 4. The highest BCUT2D eigenvalue weighted by atomic mass is 19.1. The van der Waals surface area contributed by atoms with Crippen molar-refractivity contribution in [3.05, 3.63) is 65.1 Å². The first-order valence-electron chi connectivity index (χ1n) is 10.4. The third kappa shape index (κ3) is 4.79. The fourth-order valence-electron chi connectivity index (χ4n) is 3.67. The first kappa shape index (κ1) is 21.5. The normalized spacial score (nSPS) is 15.7. The summed E-state index contributed by atoms with van der Waals surface area (Å²) in [7, 11) is 0. The lowest BCUT2D eigenvalue weighted by Gasteiger charge is -2.16. The van der Waals surface area contributed by atoms with Crippen molar-refractivity contribution in [2.45, 2.75) is 39.0 Å². The van der Waals surface area contributed by atoms with E-state index in [2.05, 4.69) is 25.4 Å². The van der Waals surface area contributed by atoms with Crippen LogP contribution in [0.3, 0.4) is 0 Å². The van der Waals surface area contributed by atoms with Gasteiger partial charge in [0.15, 0.2) is 5.82 Å². The van der Waals surface area contributed by atoms with Crippen molar-refractivity contribution < 1.29 is 18.5 Å². The van der Waals surface area contributed by atoms with E-state index in [9.17, 15) is 14.0 Å². The lowest BCUT2D eigenvalue weighted by atomic mass is 10.1. The van der Waals surface area contributed by atoms with E-state index in [0.29, 0.717) is 49.2 Å². The Labute approximate surface area is 184 Å². The van der Waals surface area contributed by atoms with Gasteiger partial charge in [-0.15, -0.1) is 0 Å². The zero-order chi connectivity index (χ0) is 22.7. The molecule has 9 nitrogen and oxygen atoms in total. The summed E-state index contributed by atoms with van der Waals surface area (Å²) < 4.78 is 18.8. The monoisotopic (exact) mass is 438 g/mol. The Hall–Kier alpha value is -3.69. The number of nitrogens with one attached hydrogen (secondary N) is 1. The van der Waals surface area contributed by atoms with Crippen molar-refractivity contribution in [3.8, 4) is 0 Å². The van der Waals surface area contributed by atoms with E-state index >= 15 is 0 Å². The van der Waals surface area contributed by atoms with Crippen molar-refractivity contribution >= 4 is 17.5 Å². The van der Waals surface area contributed by atoms with Crippen molar-refractivity contribution in [1.29, 1.82) is 0 Å². The molecule has 0 unspecified atom stereocenters. The molecule has 1 aliphatic heterocycles. The van der Waals surface area contributed by atoms with Gasteiger partial charge in [-0.25, -0.2) is 14.4 Å². The summed E-state index contributed by atoms with van der Waals surface area (Å²) >= 11 is 0. The minimum absolute atomic E-state index is 0.00743. The average molecular weight is 438 g/mol. The number of carbonyl (C=O) groups is 2. The third-order valence-electron chi connectivity index (χ3n) is 5.39. The standard InChI is InChI=1S/C22H23FN6O3/c1-13-16(22(31)27-18-6-4-3-5-17(18)23)11-24-21(25-13)15-9-10-29(12-15)20(30)8-7-19-26-14(2)28-32-19/h3-6,11,15H,7-10,12H2,1-2H3,(H,27,31)/t15-/m1/s1. The number of aryl methyl sites for hydroxylation is 3. The molecule has 166 valence electrons. The molecule has 32 heavy (non-hydrogen) atoms. The molecule has 1 atom stereocenters. The molecule has 10 heteroatoms. The summed E-state index contributed by atoms with van der Waals surface area (Å²) in [4.78, 5) is 39.8. The van der Waals surface area contributed by atoms with Crippen molar-refractivity contribution in [1.82, 2.24) is 25.0 Å². The largest absolute Gasteiger partial charge is 0.342 e. The third-order valence-corrected chi connectivity index (χ3v) is 5.39. The van der Waals surface area contributed by atoms with Gasteiger partial charge in [-0.2, -0.15) is 4.98 Å². The number of hydrogen-bond acceptors (Lipinski definition) is 7. The van der Waals surface area contributed by atoms with Crippen LogP contribution in [0, 0.1) is 19.7 Å². The minimum atomic E-state index is -0.513. The maximum atomic E-state index is 13.8. The number of anilines is 1. The predicted octanol–water partition coefficient (Wildman–Crippen LogP) is 2.82. The summed E-state index contributed by atoms with van der Waals surface area (Å²) in [5.41, 5.74) is 0.875. The van der Waals surface area contributed by atoms with Gasteiger partial charge in [0.05, 0.1) is 16.9 Å². The van der Waals surface area contributed by atoms with E-state index in [4.69, 9.17) is 4.52 Å². The Balaban J connectivity index is 1.36. The highest BCUT2D eigenvalue weighted by Crippen LogP contribution is 2.26. The topological polar surface area (TPSA) is 114 Å². The molecular formula is C22H23FN6O3. The van der Waals surface area contributed by atoms with Gasteiger partial charge in [-0.1, -0.05) is 17.3 Å². The molecule has 1 saturated heterocycles. The van der Waals surface area contributed by atoms with Gasteiger partial charge < -0.3 is 14.7 Å². The van der Waals surface area contributed by atoms with Crippen LogP contribution in [-0.4, -0.2) is 49.9 Å². The smallest absolute Gasteiger partial charge is 0.259 e. The second-order valence-corrected chi connectivity index (χ2v) is 7.72. The number of likely N-dealkylation sites (tertiary alicyclic amines) is 1. The average Bonchev–Trinajstić information content (AvgIpc) is 3.43. The van der Waals surface area contributed by atoms with Crippen LogP contribution in [0.1, 0.15) is 52.4 Å². The lowest BCUT2D eigenvalue weighted by molar-refractivity contribution is -0.130. The molecule has 2 amide bonds. The summed E-state index contributed by atoms with van der Waals surface area (Å²) in [6.45, 7) is 4.58. The summed E-state index contributed by atoms with van der Waals surface area (Å²) in [6.07, 6.45) is 2.90. The Kier molecular flexibility index (Phi) is 6.20. The second kappa shape index (κ2) is 9.21. The highest BCUT2D eigenvalue weighted by molar-refractivity contribution is 6.04. The molecular weight excluding hydrogens is 415 g/mol. The van der Waals surface area contributed by atoms with Crippen LogP contribution in [0.5, 0.6) is 0 Å². The molecule has 1 N–H and O–H groups in total. The van der Waals surface area contributed by atoms with E-state index in [1.54, 1.807) is 30.9 Å². The van der Waals surface area contributed by atoms with Crippen LogP contribution >= 0.6 is 0 Å². The van der Waals surface area contributed by atoms with E-state index in [1.807, 2.05) is 0 Å². The van der Waals surface area contributed by atoms with Gasteiger partial charge in [0.2, 0.25) is 11.8 Å². The zero-order valence-electron chi connectivity index (χ0n) is 17.8. The van der Waals surface area contributed by atoms with Gasteiger partial charge in [0.25, 0.3) is 5.91 Å². The quantitative estimate of drug-likeness (QED) is 0.629. The fraction of sp³-hybridized carbons (Fsp3) is 0.364. The molecule has 1 aliphatic rings.